The number of aromatic nitrogens is 1. The van der Waals surface area contributed by atoms with E-state index < -0.39 is 0 Å². The summed E-state index contributed by atoms with van der Waals surface area (Å²) in [6, 6.07) is 3.94. The van der Waals surface area contributed by atoms with Gasteiger partial charge in [-0.2, -0.15) is 0 Å². The molecule has 2 saturated heterocycles. The lowest BCUT2D eigenvalue weighted by atomic mass is 9.95. The van der Waals surface area contributed by atoms with E-state index in [4.69, 9.17) is 0 Å². The monoisotopic (exact) mass is 351 g/mol. The van der Waals surface area contributed by atoms with Gasteiger partial charge in [0.2, 0.25) is 5.91 Å². The topological polar surface area (TPSA) is 36.4 Å². The standard InChI is InChI=1S/C16H22BrN3O/c17-14-7-4-8-18-15(14)20-11-5-6-13(12-20)16(21)19-9-2-1-3-10-19/h4,7-8,13H,1-3,5-6,9-12H2. The fourth-order valence-electron chi connectivity index (χ4n) is 3.35. The maximum absolute atomic E-state index is 12.7. The third-order valence-electron chi connectivity index (χ3n) is 4.48. The Bertz CT molecular complexity index is 502. The number of carbonyl (C=O) groups is 1. The highest BCUT2D eigenvalue weighted by Gasteiger charge is 2.30. The van der Waals surface area contributed by atoms with Gasteiger partial charge in [0.1, 0.15) is 5.82 Å². The minimum atomic E-state index is 0.130. The number of anilines is 1. The summed E-state index contributed by atoms with van der Waals surface area (Å²) >= 11 is 3.57. The number of hydrogen-bond acceptors (Lipinski definition) is 3. The molecule has 0 aromatic carbocycles. The van der Waals surface area contributed by atoms with Crippen LogP contribution in [-0.4, -0.2) is 42.0 Å². The molecule has 3 heterocycles. The van der Waals surface area contributed by atoms with Crippen molar-refractivity contribution in [3.63, 3.8) is 0 Å². The second-order valence-electron chi connectivity index (χ2n) is 5.98. The Morgan fingerprint density at radius 2 is 2.00 bits per heavy atom. The van der Waals surface area contributed by atoms with Crippen molar-refractivity contribution >= 4 is 27.7 Å². The molecule has 2 aliphatic heterocycles. The molecule has 2 fully saturated rings. The summed E-state index contributed by atoms with van der Waals surface area (Å²) in [7, 11) is 0. The van der Waals surface area contributed by atoms with E-state index in [0.29, 0.717) is 5.91 Å². The average Bonchev–Trinajstić information content (AvgIpc) is 2.55. The Balaban J connectivity index is 1.68. The SMILES string of the molecule is O=C(C1CCCN(c2ncccc2Br)C1)N1CCCCC1. The van der Waals surface area contributed by atoms with Crippen LogP contribution in [0.2, 0.25) is 0 Å². The van der Waals surface area contributed by atoms with Crippen LogP contribution in [0.1, 0.15) is 32.1 Å². The molecule has 1 aromatic rings. The van der Waals surface area contributed by atoms with E-state index in [0.717, 1.165) is 62.2 Å². The van der Waals surface area contributed by atoms with Crippen LogP contribution in [0.3, 0.4) is 0 Å². The molecule has 3 rings (SSSR count). The van der Waals surface area contributed by atoms with Crippen molar-refractivity contribution < 1.29 is 4.79 Å². The van der Waals surface area contributed by atoms with E-state index in [-0.39, 0.29) is 5.92 Å². The first kappa shape index (κ1) is 14.8. The third kappa shape index (κ3) is 3.39. The first-order valence-electron chi connectivity index (χ1n) is 7.90. The fourth-order valence-corrected chi connectivity index (χ4v) is 3.86. The van der Waals surface area contributed by atoms with Crippen LogP contribution >= 0.6 is 15.9 Å². The van der Waals surface area contributed by atoms with Gasteiger partial charge in [-0.05, 0) is 60.2 Å². The Hall–Kier alpha value is -1.10. The predicted molar refractivity (Wildman–Crippen MR) is 87.3 cm³/mol. The van der Waals surface area contributed by atoms with Gasteiger partial charge in [-0.1, -0.05) is 0 Å². The second kappa shape index (κ2) is 6.77. The first-order chi connectivity index (χ1) is 10.3. The number of piperidine rings is 2. The molecule has 0 bridgehead atoms. The van der Waals surface area contributed by atoms with Crippen molar-refractivity contribution in [2.75, 3.05) is 31.1 Å². The summed E-state index contributed by atoms with van der Waals surface area (Å²) in [6.45, 7) is 3.68. The summed E-state index contributed by atoms with van der Waals surface area (Å²) in [4.78, 5) is 21.5. The molecule has 1 aromatic heterocycles. The van der Waals surface area contributed by atoms with Gasteiger partial charge in [0.05, 0.1) is 10.4 Å². The van der Waals surface area contributed by atoms with Crippen molar-refractivity contribution in [2.24, 2.45) is 5.92 Å². The minimum Gasteiger partial charge on any atom is -0.355 e. The van der Waals surface area contributed by atoms with Gasteiger partial charge < -0.3 is 9.80 Å². The number of carbonyl (C=O) groups excluding carboxylic acids is 1. The maximum Gasteiger partial charge on any atom is 0.227 e. The molecule has 0 spiro atoms. The smallest absolute Gasteiger partial charge is 0.227 e. The van der Waals surface area contributed by atoms with Crippen molar-refractivity contribution in [3.8, 4) is 0 Å². The molecule has 1 atom stereocenters. The van der Waals surface area contributed by atoms with E-state index in [1.165, 1.54) is 6.42 Å². The summed E-state index contributed by atoms with van der Waals surface area (Å²) in [5.41, 5.74) is 0. The zero-order valence-electron chi connectivity index (χ0n) is 12.3. The van der Waals surface area contributed by atoms with E-state index in [1.54, 1.807) is 0 Å². The van der Waals surface area contributed by atoms with Crippen LogP contribution in [0.5, 0.6) is 0 Å². The fraction of sp³-hybridized carbons (Fsp3) is 0.625. The Morgan fingerprint density at radius 3 is 2.76 bits per heavy atom. The van der Waals surface area contributed by atoms with Gasteiger partial charge in [0.15, 0.2) is 0 Å². The summed E-state index contributed by atoms with van der Waals surface area (Å²) in [5, 5.41) is 0. The molecule has 4 nitrogen and oxygen atoms in total. The molecule has 21 heavy (non-hydrogen) atoms. The van der Waals surface area contributed by atoms with Crippen LogP contribution in [0, 0.1) is 5.92 Å². The third-order valence-corrected chi connectivity index (χ3v) is 5.10. The number of halogens is 1. The largest absolute Gasteiger partial charge is 0.355 e. The van der Waals surface area contributed by atoms with Crippen molar-refractivity contribution in [3.05, 3.63) is 22.8 Å². The number of likely N-dealkylation sites (tertiary alicyclic amines) is 1. The summed E-state index contributed by atoms with van der Waals surface area (Å²) in [6.07, 6.45) is 7.48. The van der Waals surface area contributed by atoms with Crippen LogP contribution < -0.4 is 4.90 Å². The molecule has 0 aliphatic carbocycles. The van der Waals surface area contributed by atoms with E-state index in [2.05, 4.69) is 30.7 Å². The molecule has 2 aliphatic rings. The Kier molecular flexibility index (Phi) is 4.78. The lowest BCUT2D eigenvalue weighted by Gasteiger charge is -2.37. The number of rotatable bonds is 2. The average molecular weight is 352 g/mol. The zero-order chi connectivity index (χ0) is 14.7. The molecule has 114 valence electrons. The van der Waals surface area contributed by atoms with E-state index in [9.17, 15) is 4.79 Å². The van der Waals surface area contributed by atoms with Gasteiger partial charge in [-0.3, -0.25) is 4.79 Å². The Labute approximate surface area is 134 Å². The Morgan fingerprint density at radius 1 is 1.19 bits per heavy atom. The minimum absolute atomic E-state index is 0.130. The van der Waals surface area contributed by atoms with Crippen LogP contribution in [-0.2, 0) is 4.79 Å². The molecule has 5 heteroatoms. The molecular formula is C16H22BrN3O. The van der Waals surface area contributed by atoms with Gasteiger partial charge >= 0.3 is 0 Å². The number of amides is 1. The predicted octanol–water partition coefficient (Wildman–Crippen LogP) is 3.07. The van der Waals surface area contributed by atoms with Crippen LogP contribution in [0.25, 0.3) is 0 Å². The van der Waals surface area contributed by atoms with E-state index in [1.807, 2.05) is 18.3 Å². The molecule has 0 saturated carbocycles. The van der Waals surface area contributed by atoms with Crippen molar-refractivity contribution in [2.45, 2.75) is 32.1 Å². The molecule has 0 radical (unpaired) electrons. The van der Waals surface area contributed by atoms with Crippen LogP contribution in [0.4, 0.5) is 5.82 Å². The quantitative estimate of drug-likeness (QED) is 0.821. The van der Waals surface area contributed by atoms with Crippen molar-refractivity contribution in [1.29, 1.82) is 0 Å². The van der Waals surface area contributed by atoms with Gasteiger partial charge in [-0.25, -0.2) is 4.98 Å². The number of pyridine rings is 1. The van der Waals surface area contributed by atoms with E-state index >= 15 is 0 Å². The molecule has 1 amide bonds. The summed E-state index contributed by atoms with van der Waals surface area (Å²) in [5.74, 6) is 1.45. The highest BCUT2D eigenvalue weighted by Crippen LogP contribution is 2.28. The van der Waals surface area contributed by atoms with Gasteiger partial charge in [-0.15, -0.1) is 0 Å². The summed E-state index contributed by atoms with van der Waals surface area (Å²) < 4.78 is 1.01. The maximum atomic E-state index is 12.7. The molecular weight excluding hydrogens is 330 g/mol. The van der Waals surface area contributed by atoms with Crippen LogP contribution in [0.15, 0.2) is 22.8 Å². The van der Waals surface area contributed by atoms with Crippen molar-refractivity contribution in [1.82, 2.24) is 9.88 Å². The normalized spacial score (nSPS) is 23.2. The highest BCUT2D eigenvalue weighted by atomic mass is 79.9. The van der Waals surface area contributed by atoms with Gasteiger partial charge in [0.25, 0.3) is 0 Å². The molecule has 0 N–H and O–H groups in total. The number of hydrogen-bond donors (Lipinski definition) is 0. The zero-order valence-corrected chi connectivity index (χ0v) is 13.9. The second-order valence-corrected chi connectivity index (χ2v) is 6.83. The highest BCUT2D eigenvalue weighted by molar-refractivity contribution is 9.10. The lowest BCUT2D eigenvalue weighted by Crippen LogP contribution is -2.46. The number of nitrogens with zero attached hydrogens (tertiary/aromatic N) is 3. The first-order valence-corrected chi connectivity index (χ1v) is 8.69. The van der Waals surface area contributed by atoms with Gasteiger partial charge in [0, 0.05) is 32.4 Å². The molecule has 1 unspecified atom stereocenters. The lowest BCUT2D eigenvalue weighted by molar-refractivity contribution is -0.136.